The monoisotopic (exact) mass is 778 g/mol. The normalized spacial score (nSPS) is 11.6. The zero-order valence-corrected chi connectivity index (χ0v) is 33.2. The molecule has 0 spiro atoms. The molecule has 12 rings (SSSR count). The molecule has 2 heterocycles. The molecule has 2 aromatic heterocycles. The predicted octanol–water partition coefficient (Wildman–Crippen LogP) is 16.3. The van der Waals surface area contributed by atoms with Gasteiger partial charge in [0.2, 0.25) is 0 Å². The first-order valence-electron chi connectivity index (χ1n) is 20.8. The first-order valence-corrected chi connectivity index (χ1v) is 20.8. The number of hydrogen-bond donors (Lipinski definition) is 0. The van der Waals surface area contributed by atoms with E-state index in [1.165, 1.54) is 49.4 Å². The van der Waals surface area contributed by atoms with Crippen molar-refractivity contribution in [2.75, 3.05) is 4.90 Å². The van der Waals surface area contributed by atoms with Crippen molar-refractivity contribution in [2.45, 2.75) is 0 Å². The van der Waals surface area contributed by atoms with E-state index in [1.807, 2.05) is 6.07 Å². The van der Waals surface area contributed by atoms with Crippen LogP contribution in [0.3, 0.4) is 0 Å². The number of rotatable bonds is 7. The van der Waals surface area contributed by atoms with Crippen LogP contribution < -0.4 is 4.90 Å². The van der Waals surface area contributed by atoms with Crippen LogP contribution in [0, 0.1) is 0 Å². The highest BCUT2D eigenvalue weighted by Gasteiger charge is 2.20. The molecule has 0 saturated heterocycles. The third kappa shape index (κ3) is 5.90. The van der Waals surface area contributed by atoms with Crippen LogP contribution in [0.25, 0.3) is 93.6 Å². The van der Waals surface area contributed by atoms with Gasteiger partial charge in [-0.05, 0) is 123 Å². The summed E-state index contributed by atoms with van der Waals surface area (Å²) in [6.45, 7) is 0. The maximum absolute atomic E-state index is 6.62. The number of hydrogen-bond acceptors (Lipinski definition) is 2. The van der Waals surface area contributed by atoms with Crippen LogP contribution in [-0.4, -0.2) is 4.57 Å². The van der Waals surface area contributed by atoms with E-state index in [-0.39, 0.29) is 0 Å². The van der Waals surface area contributed by atoms with E-state index in [1.54, 1.807) is 0 Å². The van der Waals surface area contributed by atoms with Crippen LogP contribution in [0.15, 0.2) is 235 Å². The summed E-state index contributed by atoms with van der Waals surface area (Å²) in [6, 6.07) is 82.8. The Balaban J connectivity index is 1.03. The molecule has 0 aliphatic carbocycles. The SMILES string of the molecule is c1ccc(-c2ccc(-c3ccc(N(c4ccccc4)c4ccc5c(c4)c(-c4ccc6c(c4)c4ccccc4n6-c4ccccc4)cc4oc6ccccc6c45)cc3)cc2)cc1. The molecule has 0 N–H and O–H groups in total. The van der Waals surface area contributed by atoms with E-state index < -0.39 is 0 Å². The average molecular weight is 779 g/mol. The fourth-order valence-electron chi connectivity index (χ4n) is 9.31. The molecule has 0 amide bonds. The molecule has 0 bridgehead atoms. The molecule has 61 heavy (non-hydrogen) atoms. The predicted molar refractivity (Wildman–Crippen MR) is 257 cm³/mol. The Hall–Kier alpha value is -8.14. The van der Waals surface area contributed by atoms with Gasteiger partial charge >= 0.3 is 0 Å². The molecule has 3 heteroatoms. The molecule has 12 aromatic rings. The maximum atomic E-state index is 6.62. The van der Waals surface area contributed by atoms with Gasteiger partial charge in [0, 0.05) is 44.3 Å². The highest BCUT2D eigenvalue weighted by molar-refractivity contribution is 6.23. The standard InChI is InChI=1S/C58H38N2O/c1-4-14-39(15-5-1)40-24-26-41(27-25-40)42-28-31-46(32-29-42)59(44-16-6-2-7-17-44)47-33-34-49-52(37-47)51(38-57-58(49)50-21-11-13-23-56(50)61-57)43-30-35-55-53(36-43)48-20-10-12-22-54(48)60(55)45-18-8-3-9-19-45/h1-38H. The summed E-state index contributed by atoms with van der Waals surface area (Å²) in [5.74, 6) is 0. The Bertz CT molecular complexity index is 3550. The molecule has 0 atom stereocenters. The Morgan fingerprint density at radius 1 is 0.311 bits per heavy atom. The van der Waals surface area contributed by atoms with Crippen molar-refractivity contribution < 1.29 is 4.42 Å². The highest BCUT2D eigenvalue weighted by atomic mass is 16.3. The zero-order chi connectivity index (χ0) is 40.3. The second-order valence-corrected chi connectivity index (χ2v) is 15.7. The second kappa shape index (κ2) is 14.3. The van der Waals surface area contributed by atoms with Gasteiger partial charge in [-0.25, -0.2) is 0 Å². The first kappa shape index (κ1) is 34.9. The van der Waals surface area contributed by atoms with E-state index in [4.69, 9.17) is 4.42 Å². The van der Waals surface area contributed by atoms with Gasteiger partial charge in [-0.3, -0.25) is 0 Å². The maximum Gasteiger partial charge on any atom is 0.136 e. The van der Waals surface area contributed by atoms with Gasteiger partial charge in [-0.1, -0.05) is 152 Å². The number of anilines is 3. The third-order valence-corrected chi connectivity index (χ3v) is 12.2. The Labute approximate surface area is 353 Å². The molecular weight excluding hydrogens is 741 g/mol. The van der Waals surface area contributed by atoms with Crippen molar-refractivity contribution in [3.63, 3.8) is 0 Å². The molecule has 0 aliphatic heterocycles. The number of fused-ring (bicyclic) bond motifs is 8. The molecule has 0 aliphatic rings. The van der Waals surface area contributed by atoms with Gasteiger partial charge in [0.25, 0.3) is 0 Å². The van der Waals surface area contributed by atoms with Crippen LogP contribution in [0.5, 0.6) is 0 Å². The van der Waals surface area contributed by atoms with Crippen molar-refractivity contribution in [3.8, 4) is 39.1 Å². The lowest BCUT2D eigenvalue weighted by Gasteiger charge is -2.26. The first-order chi connectivity index (χ1) is 30.2. The summed E-state index contributed by atoms with van der Waals surface area (Å²) >= 11 is 0. The lowest BCUT2D eigenvalue weighted by molar-refractivity contribution is 0.669. The summed E-state index contributed by atoms with van der Waals surface area (Å²) in [5.41, 5.74) is 15.6. The Morgan fingerprint density at radius 3 is 1.59 bits per heavy atom. The smallest absolute Gasteiger partial charge is 0.136 e. The summed E-state index contributed by atoms with van der Waals surface area (Å²) in [5, 5.41) is 7.02. The Morgan fingerprint density at radius 2 is 0.852 bits per heavy atom. The van der Waals surface area contributed by atoms with Crippen LogP contribution in [0.4, 0.5) is 17.1 Å². The van der Waals surface area contributed by atoms with Crippen molar-refractivity contribution in [3.05, 3.63) is 231 Å². The minimum Gasteiger partial charge on any atom is -0.456 e. The topological polar surface area (TPSA) is 21.3 Å². The largest absolute Gasteiger partial charge is 0.456 e. The van der Waals surface area contributed by atoms with E-state index in [9.17, 15) is 0 Å². The number of nitrogens with zero attached hydrogens (tertiary/aromatic N) is 2. The molecule has 0 fully saturated rings. The van der Waals surface area contributed by atoms with Gasteiger partial charge in [0.05, 0.1) is 11.0 Å². The number of aromatic nitrogens is 1. The highest BCUT2D eigenvalue weighted by Crippen LogP contribution is 2.45. The van der Waals surface area contributed by atoms with Gasteiger partial charge in [0.15, 0.2) is 0 Å². The van der Waals surface area contributed by atoms with E-state index >= 15 is 0 Å². The molecule has 0 saturated carbocycles. The Kier molecular flexibility index (Phi) is 8.17. The minimum absolute atomic E-state index is 0.885. The van der Waals surface area contributed by atoms with E-state index in [2.05, 4.69) is 234 Å². The van der Waals surface area contributed by atoms with Crippen LogP contribution >= 0.6 is 0 Å². The number of furan rings is 1. The number of para-hydroxylation sites is 4. The van der Waals surface area contributed by atoms with Gasteiger partial charge in [0.1, 0.15) is 11.2 Å². The molecule has 10 aromatic carbocycles. The summed E-state index contributed by atoms with van der Waals surface area (Å²) in [4.78, 5) is 2.36. The quantitative estimate of drug-likeness (QED) is 0.161. The van der Waals surface area contributed by atoms with Crippen molar-refractivity contribution >= 4 is 71.6 Å². The van der Waals surface area contributed by atoms with Crippen LogP contribution in [-0.2, 0) is 0 Å². The molecule has 0 unspecified atom stereocenters. The fraction of sp³-hybridized carbons (Fsp3) is 0. The minimum atomic E-state index is 0.885. The average Bonchev–Trinajstić information content (AvgIpc) is 3.88. The van der Waals surface area contributed by atoms with Gasteiger partial charge in [-0.15, -0.1) is 0 Å². The number of benzene rings is 10. The molecule has 3 nitrogen and oxygen atoms in total. The second-order valence-electron chi connectivity index (χ2n) is 15.7. The zero-order valence-electron chi connectivity index (χ0n) is 33.2. The van der Waals surface area contributed by atoms with Crippen molar-refractivity contribution in [2.24, 2.45) is 0 Å². The fourth-order valence-corrected chi connectivity index (χ4v) is 9.31. The van der Waals surface area contributed by atoms with E-state index in [0.29, 0.717) is 0 Å². The lowest BCUT2D eigenvalue weighted by Crippen LogP contribution is -2.09. The summed E-state index contributed by atoms with van der Waals surface area (Å²) < 4.78 is 8.99. The lowest BCUT2D eigenvalue weighted by atomic mass is 9.93. The van der Waals surface area contributed by atoms with Gasteiger partial charge in [-0.2, -0.15) is 0 Å². The van der Waals surface area contributed by atoms with Crippen molar-refractivity contribution in [1.29, 1.82) is 0 Å². The van der Waals surface area contributed by atoms with Crippen LogP contribution in [0.1, 0.15) is 0 Å². The molecular formula is C58H38N2O. The third-order valence-electron chi connectivity index (χ3n) is 12.2. The molecule has 0 radical (unpaired) electrons. The van der Waals surface area contributed by atoms with Gasteiger partial charge < -0.3 is 13.9 Å². The van der Waals surface area contributed by atoms with E-state index in [0.717, 1.165) is 61.2 Å². The summed E-state index contributed by atoms with van der Waals surface area (Å²) in [6.07, 6.45) is 0. The van der Waals surface area contributed by atoms with Crippen LogP contribution in [0.2, 0.25) is 0 Å². The van der Waals surface area contributed by atoms with Crippen molar-refractivity contribution in [1.82, 2.24) is 4.57 Å². The summed E-state index contributed by atoms with van der Waals surface area (Å²) in [7, 11) is 0. The molecule has 286 valence electrons.